The Morgan fingerprint density at radius 3 is 2.25 bits per heavy atom. The van der Waals surface area contributed by atoms with E-state index in [1.165, 1.54) is 12.1 Å². The predicted molar refractivity (Wildman–Crippen MR) is 102 cm³/mol. The van der Waals surface area contributed by atoms with Crippen LogP contribution in [0.4, 0.5) is 11.4 Å². The van der Waals surface area contributed by atoms with E-state index in [9.17, 15) is 28.0 Å². The number of aromatic hydroxyl groups is 1. The first kappa shape index (κ1) is 19.5. The van der Waals surface area contributed by atoms with Crippen molar-refractivity contribution < 1.29 is 28.0 Å². The fourth-order valence-corrected chi connectivity index (χ4v) is 3.66. The van der Waals surface area contributed by atoms with Gasteiger partial charge in [0.2, 0.25) is 0 Å². The molecule has 3 aromatic carbocycles. The number of aromatic carboxylic acids is 1. The van der Waals surface area contributed by atoms with Gasteiger partial charge >= 0.3 is 5.97 Å². The van der Waals surface area contributed by atoms with Crippen molar-refractivity contribution in [2.45, 2.75) is 18.7 Å². The monoisotopic (exact) mass is 400 g/mol. The molecule has 144 valence electrons. The van der Waals surface area contributed by atoms with Crippen LogP contribution in [-0.2, 0) is 10.1 Å². The van der Waals surface area contributed by atoms with Crippen molar-refractivity contribution in [3.8, 4) is 5.75 Å². The second-order valence-corrected chi connectivity index (χ2v) is 7.58. The number of rotatable bonds is 4. The van der Waals surface area contributed by atoms with Gasteiger partial charge in [-0.05, 0) is 42.5 Å². The molecule has 0 saturated heterocycles. The first-order valence-corrected chi connectivity index (χ1v) is 9.52. The highest BCUT2D eigenvalue weighted by atomic mass is 32.2. The number of carboxylic acids is 1. The Balaban J connectivity index is 2.29. The number of nitrogens with zero attached hydrogens (tertiary/aromatic N) is 2. The third-order valence-corrected chi connectivity index (χ3v) is 5.17. The van der Waals surface area contributed by atoms with Crippen LogP contribution in [-0.4, -0.2) is 29.2 Å². The second kappa shape index (κ2) is 7.02. The van der Waals surface area contributed by atoms with E-state index >= 15 is 0 Å². The average molecular weight is 400 g/mol. The average Bonchev–Trinajstić information content (AvgIpc) is 2.61. The molecule has 3 rings (SSSR count). The van der Waals surface area contributed by atoms with Gasteiger partial charge in [0.25, 0.3) is 10.1 Å². The van der Waals surface area contributed by atoms with Gasteiger partial charge in [-0.2, -0.15) is 8.42 Å². The molecule has 0 aliphatic carbocycles. The molecule has 0 saturated carbocycles. The van der Waals surface area contributed by atoms with Gasteiger partial charge in [-0.25, -0.2) is 4.79 Å². The Bertz CT molecular complexity index is 1250. The van der Waals surface area contributed by atoms with Gasteiger partial charge in [-0.3, -0.25) is 4.55 Å². The summed E-state index contributed by atoms with van der Waals surface area (Å²) in [4.78, 5) is 11.2. The van der Waals surface area contributed by atoms with Gasteiger partial charge < -0.3 is 10.2 Å². The quantitative estimate of drug-likeness (QED) is 0.435. The minimum absolute atomic E-state index is 0.111. The lowest BCUT2D eigenvalue weighted by atomic mass is 9.97. The summed E-state index contributed by atoms with van der Waals surface area (Å²) in [5.74, 6) is -1.90. The minimum atomic E-state index is -4.55. The zero-order valence-corrected chi connectivity index (χ0v) is 15.7. The maximum Gasteiger partial charge on any atom is 0.339 e. The molecule has 0 amide bonds. The van der Waals surface area contributed by atoms with Crippen molar-refractivity contribution in [3.05, 3.63) is 59.2 Å². The molecule has 0 spiro atoms. The van der Waals surface area contributed by atoms with Gasteiger partial charge in [-0.1, -0.05) is 30.3 Å². The molecule has 28 heavy (non-hydrogen) atoms. The number of benzene rings is 3. The largest absolute Gasteiger partial charge is 0.505 e. The van der Waals surface area contributed by atoms with Crippen molar-refractivity contribution in [1.82, 2.24) is 0 Å². The maximum absolute atomic E-state index is 11.6. The van der Waals surface area contributed by atoms with Crippen LogP contribution in [0.3, 0.4) is 0 Å². The fourth-order valence-electron chi connectivity index (χ4n) is 2.95. The van der Waals surface area contributed by atoms with Crippen LogP contribution in [0.5, 0.6) is 5.75 Å². The molecule has 0 aromatic heterocycles. The molecule has 8 nitrogen and oxygen atoms in total. The summed E-state index contributed by atoms with van der Waals surface area (Å²) >= 11 is 0. The molecule has 0 bridgehead atoms. The summed E-state index contributed by atoms with van der Waals surface area (Å²) < 4.78 is 32.6. The van der Waals surface area contributed by atoms with Crippen LogP contribution in [0.25, 0.3) is 10.8 Å². The lowest BCUT2D eigenvalue weighted by Crippen LogP contribution is -2.01. The van der Waals surface area contributed by atoms with Crippen molar-refractivity contribution >= 4 is 38.2 Å². The van der Waals surface area contributed by atoms with Crippen LogP contribution < -0.4 is 0 Å². The predicted octanol–water partition coefficient (Wildman–Crippen LogP) is 4.52. The Morgan fingerprint density at radius 1 is 1.00 bits per heavy atom. The van der Waals surface area contributed by atoms with Crippen molar-refractivity contribution in [3.63, 3.8) is 0 Å². The van der Waals surface area contributed by atoms with Crippen LogP contribution in [0.2, 0.25) is 0 Å². The standard InChI is InChI=1S/C19H16N2O6S/c1-10-7-8-14(15(9-10)28(25,26)27)20-21-17-13-6-4-3-5-12(13)11(2)16(18(17)22)19(23)24/h3-9,22H,1-2H3,(H,23,24)(H,25,26,27). The van der Waals surface area contributed by atoms with Crippen LogP contribution in [0.15, 0.2) is 57.6 Å². The van der Waals surface area contributed by atoms with Crippen LogP contribution in [0, 0.1) is 13.8 Å². The summed E-state index contributed by atoms with van der Waals surface area (Å²) in [5, 5.41) is 28.7. The molecule has 0 aliphatic heterocycles. The second-order valence-electron chi connectivity index (χ2n) is 6.19. The smallest absolute Gasteiger partial charge is 0.339 e. The number of azo groups is 1. The molecule has 0 unspecified atom stereocenters. The lowest BCUT2D eigenvalue weighted by molar-refractivity contribution is 0.0693. The molecular weight excluding hydrogens is 384 g/mol. The Hall–Kier alpha value is -3.30. The molecule has 9 heteroatoms. The van der Waals surface area contributed by atoms with E-state index < -0.39 is 26.7 Å². The highest BCUT2D eigenvalue weighted by Crippen LogP contribution is 2.42. The highest BCUT2D eigenvalue weighted by molar-refractivity contribution is 7.86. The summed E-state index contributed by atoms with van der Waals surface area (Å²) in [7, 11) is -4.55. The summed E-state index contributed by atoms with van der Waals surface area (Å²) in [6.45, 7) is 3.22. The van der Waals surface area contributed by atoms with E-state index in [0.717, 1.165) is 0 Å². The first-order valence-electron chi connectivity index (χ1n) is 8.08. The third-order valence-electron chi connectivity index (χ3n) is 4.29. The van der Waals surface area contributed by atoms with Gasteiger partial charge in [-0.15, -0.1) is 10.2 Å². The van der Waals surface area contributed by atoms with Gasteiger partial charge in [0.05, 0.1) is 0 Å². The molecular formula is C19H16N2O6S. The molecule has 3 aromatic rings. The van der Waals surface area contributed by atoms with Crippen LogP contribution >= 0.6 is 0 Å². The van der Waals surface area contributed by atoms with Crippen molar-refractivity contribution in [1.29, 1.82) is 0 Å². The fraction of sp³-hybridized carbons (Fsp3) is 0.105. The summed E-state index contributed by atoms with van der Waals surface area (Å²) in [6, 6.07) is 10.9. The molecule has 0 fully saturated rings. The molecule has 0 aliphatic rings. The Kier molecular flexibility index (Phi) is 4.88. The maximum atomic E-state index is 11.6. The third kappa shape index (κ3) is 3.45. The zero-order chi connectivity index (χ0) is 20.6. The van der Waals surface area contributed by atoms with E-state index in [4.69, 9.17) is 0 Å². The zero-order valence-electron chi connectivity index (χ0n) is 14.9. The number of aryl methyl sites for hydroxylation is 2. The number of hydrogen-bond donors (Lipinski definition) is 3. The minimum Gasteiger partial charge on any atom is -0.505 e. The number of carboxylic acid groups (broad SMARTS) is 1. The van der Waals surface area contributed by atoms with Crippen LogP contribution in [0.1, 0.15) is 21.5 Å². The molecule has 0 heterocycles. The number of carbonyl (C=O) groups is 1. The number of hydrogen-bond acceptors (Lipinski definition) is 6. The normalized spacial score (nSPS) is 12.0. The van der Waals surface area contributed by atoms with E-state index in [1.807, 2.05) is 0 Å². The highest BCUT2D eigenvalue weighted by Gasteiger charge is 2.22. The SMILES string of the molecule is Cc1ccc(N=Nc2c(O)c(C(=O)O)c(C)c3ccccc23)c(S(=O)(=O)O)c1. The number of phenols is 1. The lowest BCUT2D eigenvalue weighted by Gasteiger charge is -2.12. The van der Waals surface area contributed by atoms with Crippen molar-refractivity contribution in [2.24, 2.45) is 10.2 Å². The van der Waals surface area contributed by atoms with Gasteiger partial charge in [0.15, 0.2) is 5.75 Å². The summed E-state index contributed by atoms with van der Waals surface area (Å²) in [6.07, 6.45) is 0. The van der Waals surface area contributed by atoms with E-state index in [2.05, 4.69) is 10.2 Å². The Morgan fingerprint density at radius 2 is 1.64 bits per heavy atom. The summed E-state index contributed by atoms with van der Waals surface area (Å²) in [5.41, 5.74) is 0.387. The molecule has 0 radical (unpaired) electrons. The topological polar surface area (TPSA) is 137 Å². The Labute approximate surface area is 160 Å². The first-order chi connectivity index (χ1) is 13.1. The van der Waals surface area contributed by atoms with E-state index in [1.54, 1.807) is 44.2 Å². The van der Waals surface area contributed by atoms with Gasteiger partial charge in [0.1, 0.15) is 21.8 Å². The van der Waals surface area contributed by atoms with E-state index in [-0.39, 0.29) is 16.9 Å². The number of fused-ring (bicyclic) bond motifs is 1. The van der Waals surface area contributed by atoms with Crippen molar-refractivity contribution in [2.75, 3.05) is 0 Å². The van der Waals surface area contributed by atoms with E-state index in [0.29, 0.717) is 21.9 Å². The molecule has 0 atom stereocenters. The van der Waals surface area contributed by atoms with Gasteiger partial charge in [0, 0.05) is 5.39 Å². The molecule has 3 N–H and O–H groups in total.